The average molecular weight is 354 g/mol. The number of amides is 1. The Balaban J connectivity index is 1.82. The molecule has 0 aromatic carbocycles. The van der Waals surface area contributed by atoms with Crippen LogP contribution >= 0.6 is 0 Å². The largest absolute Gasteiger partial charge is 0.391 e. The van der Waals surface area contributed by atoms with Crippen molar-refractivity contribution in [1.82, 2.24) is 16.3 Å². The number of hydrogen-bond donors (Lipinski definition) is 4. The quantitative estimate of drug-likeness (QED) is 0.260. The molecule has 0 saturated heterocycles. The lowest BCUT2D eigenvalue weighted by atomic mass is 9.84. The molecule has 1 unspecified atom stereocenters. The van der Waals surface area contributed by atoms with Crippen molar-refractivity contribution in [2.24, 2.45) is 16.8 Å². The second-order valence-corrected chi connectivity index (χ2v) is 7.28. The number of carbonyl (C=O) groups is 1. The highest BCUT2D eigenvalue weighted by atomic mass is 16.7. The van der Waals surface area contributed by atoms with E-state index < -0.39 is 0 Å². The van der Waals surface area contributed by atoms with E-state index in [0.717, 1.165) is 31.7 Å². The van der Waals surface area contributed by atoms with Gasteiger partial charge in [0.05, 0.1) is 0 Å². The van der Waals surface area contributed by atoms with E-state index in [1.807, 2.05) is 0 Å². The normalized spacial score (nSPS) is 22.3. The SMILES string of the molecule is CCCNCC1N=C([C@H](CCCC2CCCCC2)CC(=O)NO)ON1. The van der Waals surface area contributed by atoms with Gasteiger partial charge < -0.3 is 10.2 Å². The lowest BCUT2D eigenvalue weighted by molar-refractivity contribution is -0.129. The fourth-order valence-corrected chi connectivity index (χ4v) is 3.74. The zero-order valence-corrected chi connectivity index (χ0v) is 15.4. The summed E-state index contributed by atoms with van der Waals surface area (Å²) in [6.45, 7) is 3.77. The first kappa shape index (κ1) is 20.1. The number of nitrogens with one attached hydrogen (secondary N) is 3. The highest BCUT2D eigenvalue weighted by Crippen LogP contribution is 2.29. The van der Waals surface area contributed by atoms with E-state index in [-0.39, 0.29) is 24.4 Å². The highest BCUT2D eigenvalue weighted by molar-refractivity contribution is 5.85. The molecule has 144 valence electrons. The summed E-state index contributed by atoms with van der Waals surface area (Å²) in [5, 5.41) is 12.2. The predicted molar refractivity (Wildman–Crippen MR) is 97.1 cm³/mol. The molecular weight excluding hydrogens is 320 g/mol. The van der Waals surface area contributed by atoms with Gasteiger partial charge in [-0.05, 0) is 25.3 Å². The van der Waals surface area contributed by atoms with Crippen LogP contribution < -0.4 is 16.3 Å². The Morgan fingerprint density at radius 3 is 2.92 bits per heavy atom. The van der Waals surface area contributed by atoms with Gasteiger partial charge in [-0.1, -0.05) is 51.9 Å². The summed E-state index contributed by atoms with van der Waals surface area (Å²) in [6, 6.07) is 0. The minimum Gasteiger partial charge on any atom is -0.391 e. The lowest BCUT2D eigenvalue weighted by Gasteiger charge is -2.22. The minimum atomic E-state index is -0.387. The van der Waals surface area contributed by atoms with Crippen LogP contribution in [0.3, 0.4) is 0 Å². The average Bonchev–Trinajstić information content (AvgIpc) is 3.10. The number of nitrogens with zero attached hydrogens (tertiary/aromatic N) is 1. The van der Waals surface area contributed by atoms with Gasteiger partial charge in [0.1, 0.15) is 6.17 Å². The molecule has 0 radical (unpaired) electrons. The summed E-state index contributed by atoms with van der Waals surface area (Å²) in [4.78, 5) is 21.7. The van der Waals surface area contributed by atoms with E-state index in [4.69, 9.17) is 10.0 Å². The van der Waals surface area contributed by atoms with Gasteiger partial charge in [0.2, 0.25) is 11.8 Å². The smallest absolute Gasteiger partial charge is 0.244 e. The first-order valence-electron chi connectivity index (χ1n) is 9.86. The van der Waals surface area contributed by atoms with Crippen molar-refractivity contribution in [2.75, 3.05) is 13.1 Å². The molecule has 0 aromatic heterocycles. The molecule has 0 spiro atoms. The van der Waals surface area contributed by atoms with Crippen LogP contribution in [0.5, 0.6) is 0 Å². The minimum absolute atomic E-state index is 0.0839. The van der Waals surface area contributed by atoms with Gasteiger partial charge in [-0.15, -0.1) is 5.48 Å². The fraction of sp³-hybridized carbons (Fsp3) is 0.889. The molecule has 2 aliphatic rings. The van der Waals surface area contributed by atoms with Gasteiger partial charge >= 0.3 is 0 Å². The number of aliphatic imine (C=N–C) groups is 1. The molecule has 1 aliphatic heterocycles. The van der Waals surface area contributed by atoms with Crippen molar-refractivity contribution < 1.29 is 14.8 Å². The molecule has 0 bridgehead atoms. The van der Waals surface area contributed by atoms with Crippen LogP contribution in [-0.2, 0) is 9.63 Å². The van der Waals surface area contributed by atoms with Crippen LogP contribution in [0, 0.1) is 11.8 Å². The van der Waals surface area contributed by atoms with Crippen molar-refractivity contribution >= 4 is 11.8 Å². The van der Waals surface area contributed by atoms with E-state index >= 15 is 0 Å². The maximum atomic E-state index is 11.6. The van der Waals surface area contributed by atoms with Gasteiger partial charge in [0.25, 0.3) is 0 Å². The molecule has 1 amide bonds. The van der Waals surface area contributed by atoms with Crippen LogP contribution in [0.2, 0.25) is 0 Å². The van der Waals surface area contributed by atoms with Crippen molar-refractivity contribution in [3.05, 3.63) is 0 Å². The number of hydrogen-bond acceptors (Lipinski definition) is 6. The fourth-order valence-electron chi connectivity index (χ4n) is 3.74. The molecule has 2 rings (SSSR count). The summed E-state index contributed by atoms with van der Waals surface area (Å²) in [5.74, 6) is 0.952. The van der Waals surface area contributed by atoms with E-state index in [1.165, 1.54) is 38.5 Å². The second-order valence-electron chi connectivity index (χ2n) is 7.28. The Bertz CT molecular complexity index is 425. The molecular formula is C18H34N4O3. The van der Waals surface area contributed by atoms with Crippen LogP contribution in [0.1, 0.15) is 71.1 Å². The monoisotopic (exact) mass is 354 g/mol. The molecule has 4 N–H and O–H groups in total. The first-order valence-corrected chi connectivity index (χ1v) is 9.86. The van der Waals surface area contributed by atoms with E-state index in [1.54, 1.807) is 5.48 Å². The molecule has 1 saturated carbocycles. The van der Waals surface area contributed by atoms with Crippen LogP contribution in [0.25, 0.3) is 0 Å². The summed E-state index contributed by atoms with van der Waals surface area (Å²) in [5.41, 5.74) is 4.65. The van der Waals surface area contributed by atoms with Crippen LogP contribution in [0.15, 0.2) is 4.99 Å². The Morgan fingerprint density at radius 1 is 1.40 bits per heavy atom. The predicted octanol–water partition coefficient (Wildman–Crippen LogP) is 2.51. The number of rotatable bonds is 11. The van der Waals surface area contributed by atoms with E-state index in [0.29, 0.717) is 12.4 Å². The molecule has 0 aromatic rings. The molecule has 7 heteroatoms. The van der Waals surface area contributed by atoms with Crippen LogP contribution in [-0.4, -0.2) is 36.3 Å². The maximum absolute atomic E-state index is 11.6. The van der Waals surface area contributed by atoms with Gasteiger partial charge in [-0.3, -0.25) is 10.0 Å². The Labute approximate surface area is 150 Å². The van der Waals surface area contributed by atoms with Crippen LogP contribution in [0.4, 0.5) is 0 Å². The molecule has 7 nitrogen and oxygen atoms in total. The molecule has 25 heavy (non-hydrogen) atoms. The third-order valence-electron chi connectivity index (χ3n) is 5.14. The topological polar surface area (TPSA) is 95.0 Å². The lowest BCUT2D eigenvalue weighted by Crippen LogP contribution is -2.34. The summed E-state index contributed by atoms with van der Waals surface area (Å²) < 4.78 is 0. The second kappa shape index (κ2) is 11.4. The van der Waals surface area contributed by atoms with Gasteiger partial charge in [0.15, 0.2) is 0 Å². The Kier molecular flexibility index (Phi) is 9.21. The van der Waals surface area contributed by atoms with Gasteiger partial charge in [-0.2, -0.15) is 0 Å². The summed E-state index contributed by atoms with van der Waals surface area (Å²) >= 11 is 0. The molecule has 1 fully saturated rings. The Morgan fingerprint density at radius 2 is 2.20 bits per heavy atom. The van der Waals surface area contributed by atoms with E-state index in [9.17, 15) is 4.79 Å². The van der Waals surface area contributed by atoms with Gasteiger partial charge in [-0.25, -0.2) is 10.5 Å². The Hall–Kier alpha value is -1.18. The standard InChI is InChI=1S/C18H34N4O3/c1-2-11-19-13-16-20-18(25-22-16)15(12-17(23)21-24)10-6-9-14-7-4-3-5-8-14/h14-16,19,22,24H,2-13H2,1H3,(H,21,23)/t15-,16?/m1/s1. The van der Waals surface area contributed by atoms with Crippen molar-refractivity contribution in [1.29, 1.82) is 0 Å². The third-order valence-corrected chi connectivity index (χ3v) is 5.14. The van der Waals surface area contributed by atoms with Crippen molar-refractivity contribution in [3.63, 3.8) is 0 Å². The summed E-state index contributed by atoms with van der Waals surface area (Å²) in [6.07, 6.45) is 11.1. The number of hydroxylamine groups is 2. The molecule has 2 atom stereocenters. The number of carbonyl (C=O) groups excluding carboxylic acids is 1. The zero-order valence-electron chi connectivity index (χ0n) is 15.4. The van der Waals surface area contributed by atoms with E-state index in [2.05, 4.69) is 22.7 Å². The first-order chi connectivity index (χ1) is 12.2. The molecule has 1 aliphatic carbocycles. The van der Waals surface area contributed by atoms with Crippen molar-refractivity contribution in [3.8, 4) is 0 Å². The molecule has 1 heterocycles. The summed E-state index contributed by atoms with van der Waals surface area (Å²) in [7, 11) is 0. The zero-order chi connectivity index (χ0) is 17.9. The van der Waals surface area contributed by atoms with Crippen molar-refractivity contribution in [2.45, 2.75) is 77.3 Å². The third kappa shape index (κ3) is 7.30. The van der Waals surface area contributed by atoms with Gasteiger partial charge in [0, 0.05) is 18.9 Å². The highest BCUT2D eigenvalue weighted by Gasteiger charge is 2.28. The maximum Gasteiger partial charge on any atom is 0.244 e.